The zero-order chi connectivity index (χ0) is 15.9. The van der Waals surface area contributed by atoms with Crippen LogP contribution in [0.5, 0.6) is 5.75 Å². The van der Waals surface area contributed by atoms with E-state index in [4.69, 9.17) is 22.1 Å². The second-order valence-corrected chi connectivity index (χ2v) is 5.19. The molecular weight excluding hydrogens is 307 g/mol. The molecule has 3 nitrogen and oxygen atoms in total. The molecule has 0 aliphatic rings. The molecule has 0 aliphatic heterocycles. The van der Waals surface area contributed by atoms with Gasteiger partial charge in [-0.15, -0.1) is 0 Å². The average molecular weight is 326 g/mol. The summed E-state index contributed by atoms with van der Waals surface area (Å²) in [6.45, 7) is 0.838. The monoisotopic (exact) mass is 325 g/mol. The second-order valence-electron chi connectivity index (χ2n) is 4.78. The van der Waals surface area contributed by atoms with Crippen LogP contribution in [0, 0.1) is 0 Å². The summed E-state index contributed by atoms with van der Waals surface area (Å²) >= 11 is 6.07. The van der Waals surface area contributed by atoms with E-state index < -0.39 is 12.8 Å². The van der Waals surface area contributed by atoms with Crippen LogP contribution < -0.4 is 10.5 Å². The molecule has 2 N–H and O–H groups in total. The Bertz CT molecular complexity index is 439. The summed E-state index contributed by atoms with van der Waals surface area (Å²) in [6, 6.07) is 5.33. The lowest BCUT2D eigenvalue weighted by Gasteiger charge is -2.14. The Hall–Kier alpha value is -0.980. The molecule has 0 saturated carbocycles. The molecule has 21 heavy (non-hydrogen) atoms. The van der Waals surface area contributed by atoms with E-state index in [2.05, 4.69) is 4.74 Å². The summed E-state index contributed by atoms with van der Waals surface area (Å²) in [5.41, 5.74) is 6.64. The van der Waals surface area contributed by atoms with E-state index in [-0.39, 0.29) is 19.3 Å². The fourth-order valence-electron chi connectivity index (χ4n) is 1.75. The van der Waals surface area contributed by atoms with E-state index in [1.807, 2.05) is 13.0 Å². The van der Waals surface area contributed by atoms with Crippen molar-refractivity contribution < 1.29 is 22.6 Å². The highest BCUT2D eigenvalue weighted by Crippen LogP contribution is 2.29. The zero-order valence-electron chi connectivity index (χ0n) is 11.8. The Morgan fingerprint density at radius 1 is 1.29 bits per heavy atom. The third kappa shape index (κ3) is 7.55. The molecule has 0 fully saturated rings. The van der Waals surface area contributed by atoms with Gasteiger partial charge in [-0.1, -0.05) is 23.7 Å². The standard InChI is InChI=1S/C14H19ClF3NO2/c1-10(19)8-11-4-2-5-12(15)13(11)21-7-3-6-20-9-14(16,17)18/h2,4-5,10H,3,6-9,19H2,1H3. The van der Waals surface area contributed by atoms with Crippen LogP contribution in [0.1, 0.15) is 18.9 Å². The van der Waals surface area contributed by atoms with Gasteiger partial charge in [-0.05, 0) is 25.0 Å². The second kappa shape index (κ2) is 8.46. The molecule has 1 atom stereocenters. The number of halogens is 4. The van der Waals surface area contributed by atoms with Crippen molar-refractivity contribution in [3.8, 4) is 5.75 Å². The van der Waals surface area contributed by atoms with Gasteiger partial charge in [-0.25, -0.2) is 0 Å². The molecule has 7 heteroatoms. The maximum Gasteiger partial charge on any atom is 0.411 e. The highest BCUT2D eigenvalue weighted by atomic mass is 35.5. The Kier molecular flexibility index (Phi) is 7.28. The molecule has 0 radical (unpaired) electrons. The molecule has 0 saturated heterocycles. The minimum atomic E-state index is -4.30. The van der Waals surface area contributed by atoms with Gasteiger partial charge in [-0.2, -0.15) is 13.2 Å². The highest BCUT2D eigenvalue weighted by Gasteiger charge is 2.27. The number of rotatable bonds is 8. The summed E-state index contributed by atoms with van der Waals surface area (Å²) < 4.78 is 45.7. The van der Waals surface area contributed by atoms with Crippen LogP contribution in [0.4, 0.5) is 13.2 Å². The van der Waals surface area contributed by atoms with Crippen LogP contribution in [0.25, 0.3) is 0 Å². The molecule has 120 valence electrons. The van der Waals surface area contributed by atoms with Crippen LogP contribution >= 0.6 is 11.6 Å². The first-order valence-corrected chi connectivity index (χ1v) is 6.97. The van der Waals surface area contributed by atoms with Crippen LogP contribution in [-0.4, -0.2) is 32.0 Å². The van der Waals surface area contributed by atoms with Gasteiger partial charge in [0.05, 0.1) is 18.2 Å². The van der Waals surface area contributed by atoms with E-state index in [1.54, 1.807) is 12.1 Å². The topological polar surface area (TPSA) is 44.5 Å². The van der Waals surface area contributed by atoms with Gasteiger partial charge in [0.25, 0.3) is 0 Å². The molecule has 1 unspecified atom stereocenters. The van der Waals surface area contributed by atoms with Crippen molar-refractivity contribution in [1.82, 2.24) is 0 Å². The minimum absolute atomic E-state index is 0.0212. The lowest BCUT2D eigenvalue weighted by molar-refractivity contribution is -0.174. The van der Waals surface area contributed by atoms with Crippen molar-refractivity contribution in [2.24, 2.45) is 5.73 Å². The van der Waals surface area contributed by atoms with Gasteiger partial charge in [0.2, 0.25) is 0 Å². The maximum absolute atomic E-state index is 11.9. The number of para-hydroxylation sites is 1. The smallest absolute Gasteiger partial charge is 0.411 e. The van der Waals surface area contributed by atoms with Gasteiger partial charge >= 0.3 is 6.18 Å². The van der Waals surface area contributed by atoms with Crippen LogP contribution in [0.3, 0.4) is 0 Å². The SMILES string of the molecule is CC(N)Cc1cccc(Cl)c1OCCCOCC(F)(F)F. The van der Waals surface area contributed by atoms with Gasteiger partial charge in [0.15, 0.2) is 0 Å². The predicted octanol–water partition coefficient (Wildman–Crippen LogP) is 3.58. The fraction of sp³-hybridized carbons (Fsp3) is 0.571. The first-order valence-electron chi connectivity index (χ1n) is 6.60. The lowest BCUT2D eigenvalue weighted by atomic mass is 10.1. The van der Waals surface area contributed by atoms with E-state index in [0.29, 0.717) is 23.6 Å². The van der Waals surface area contributed by atoms with Gasteiger partial charge in [0.1, 0.15) is 12.4 Å². The summed E-state index contributed by atoms with van der Waals surface area (Å²) in [4.78, 5) is 0. The van der Waals surface area contributed by atoms with Crippen molar-refractivity contribution >= 4 is 11.6 Å². The number of hydrogen-bond acceptors (Lipinski definition) is 3. The summed E-state index contributed by atoms with van der Waals surface area (Å²) in [5.74, 6) is 0.535. The van der Waals surface area contributed by atoms with Crippen molar-refractivity contribution in [2.75, 3.05) is 19.8 Å². The Balaban J connectivity index is 2.41. The molecule has 0 heterocycles. The third-order valence-corrected chi connectivity index (χ3v) is 2.83. The lowest BCUT2D eigenvalue weighted by Crippen LogP contribution is -2.19. The maximum atomic E-state index is 11.9. The third-order valence-electron chi connectivity index (χ3n) is 2.54. The van der Waals surface area contributed by atoms with Crippen LogP contribution in [0.2, 0.25) is 5.02 Å². The van der Waals surface area contributed by atoms with E-state index in [0.717, 1.165) is 5.56 Å². The zero-order valence-corrected chi connectivity index (χ0v) is 12.5. The highest BCUT2D eigenvalue weighted by molar-refractivity contribution is 6.32. The van der Waals surface area contributed by atoms with Crippen molar-refractivity contribution in [1.29, 1.82) is 0 Å². The number of ether oxygens (including phenoxy) is 2. The first-order chi connectivity index (χ1) is 9.79. The normalized spacial score (nSPS) is 13.2. The molecule has 1 aromatic rings. The summed E-state index contributed by atoms with van der Waals surface area (Å²) in [7, 11) is 0. The van der Waals surface area contributed by atoms with Crippen molar-refractivity contribution in [3.05, 3.63) is 28.8 Å². The molecule has 0 amide bonds. The van der Waals surface area contributed by atoms with E-state index in [9.17, 15) is 13.2 Å². The van der Waals surface area contributed by atoms with E-state index in [1.165, 1.54) is 0 Å². The van der Waals surface area contributed by atoms with Crippen molar-refractivity contribution in [2.45, 2.75) is 32.0 Å². The molecule has 0 bridgehead atoms. The molecular formula is C14H19ClF3NO2. The minimum Gasteiger partial charge on any atom is -0.492 e. The van der Waals surface area contributed by atoms with Crippen LogP contribution in [-0.2, 0) is 11.2 Å². The summed E-state index contributed by atoms with van der Waals surface area (Å²) in [6.07, 6.45) is -3.34. The Morgan fingerprint density at radius 2 is 2.00 bits per heavy atom. The summed E-state index contributed by atoms with van der Waals surface area (Å²) in [5, 5.41) is 0.462. The number of alkyl halides is 3. The predicted molar refractivity (Wildman–Crippen MR) is 75.8 cm³/mol. The largest absolute Gasteiger partial charge is 0.492 e. The molecule has 0 spiro atoms. The quantitative estimate of drug-likeness (QED) is 0.743. The fourth-order valence-corrected chi connectivity index (χ4v) is 1.99. The molecule has 1 rings (SSSR count). The Morgan fingerprint density at radius 3 is 2.62 bits per heavy atom. The number of hydrogen-bond donors (Lipinski definition) is 1. The molecule has 0 aromatic heterocycles. The molecule has 1 aromatic carbocycles. The Labute approximate surface area is 127 Å². The van der Waals surface area contributed by atoms with Gasteiger partial charge < -0.3 is 15.2 Å². The first kappa shape index (κ1) is 18.1. The van der Waals surface area contributed by atoms with Gasteiger partial charge in [-0.3, -0.25) is 0 Å². The van der Waals surface area contributed by atoms with Crippen LogP contribution in [0.15, 0.2) is 18.2 Å². The van der Waals surface area contributed by atoms with Gasteiger partial charge in [0, 0.05) is 12.5 Å². The number of nitrogens with two attached hydrogens (primary N) is 1. The number of benzene rings is 1. The van der Waals surface area contributed by atoms with E-state index >= 15 is 0 Å². The average Bonchev–Trinajstić information content (AvgIpc) is 2.34. The molecule has 0 aliphatic carbocycles. The van der Waals surface area contributed by atoms with Crippen molar-refractivity contribution in [3.63, 3.8) is 0 Å².